The van der Waals surface area contributed by atoms with E-state index in [0.29, 0.717) is 12.5 Å². The van der Waals surface area contributed by atoms with Crippen molar-refractivity contribution in [2.75, 3.05) is 38.1 Å². The van der Waals surface area contributed by atoms with Crippen LogP contribution in [0.2, 0.25) is 0 Å². The van der Waals surface area contributed by atoms with Gasteiger partial charge in [0.05, 0.1) is 6.54 Å². The van der Waals surface area contributed by atoms with Crippen LogP contribution in [0.5, 0.6) is 0 Å². The van der Waals surface area contributed by atoms with Crippen LogP contribution < -0.4 is 10.2 Å². The maximum absolute atomic E-state index is 12.1. The van der Waals surface area contributed by atoms with E-state index in [-0.39, 0.29) is 5.91 Å². The summed E-state index contributed by atoms with van der Waals surface area (Å²) in [6.45, 7) is 8.56. The fourth-order valence-corrected chi connectivity index (χ4v) is 2.66. The van der Waals surface area contributed by atoms with Crippen LogP contribution >= 0.6 is 0 Å². The van der Waals surface area contributed by atoms with Gasteiger partial charge in [-0.25, -0.2) is 0 Å². The number of rotatable bonds is 5. The molecule has 1 heterocycles. The third-order valence-electron chi connectivity index (χ3n) is 3.87. The number of amides is 1. The van der Waals surface area contributed by atoms with Crippen LogP contribution in [0.1, 0.15) is 25.8 Å². The first-order chi connectivity index (χ1) is 10.1. The molecule has 1 aliphatic heterocycles. The van der Waals surface area contributed by atoms with Gasteiger partial charge >= 0.3 is 0 Å². The minimum atomic E-state index is 0.206. The summed E-state index contributed by atoms with van der Waals surface area (Å²) in [4.78, 5) is 16.1. The van der Waals surface area contributed by atoms with Gasteiger partial charge in [-0.05, 0) is 30.5 Å². The van der Waals surface area contributed by atoms with Crippen molar-refractivity contribution in [2.45, 2.75) is 26.8 Å². The molecule has 0 aromatic heterocycles. The first kappa shape index (κ1) is 15.8. The molecular weight excluding hydrogens is 262 g/mol. The van der Waals surface area contributed by atoms with Crippen LogP contribution in [0.3, 0.4) is 0 Å². The Labute approximate surface area is 128 Å². The second-order valence-electron chi connectivity index (χ2n) is 6.24. The lowest BCUT2D eigenvalue weighted by Gasteiger charge is -2.25. The van der Waals surface area contributed by atoms with E-state index in [2.05, 4.69) is 48.3 Å². The van der Waals surface area contributed by atoms with Crippen LogP contribution in [0.4, 0.5) is 5.69 Å². The Balaban J connectivity index is 2.09. The highest BCUT2D eigenvalue weighted by molar-refractivity contribution is 5.82. The minimum Gasteiger partial charge on any atom is -0.362 e. The molecule has 1 aromatic carbocycles. The third kappa shape index (κ3) is 4.46. The SMILES string of the molecule is CC(C)CNCc1ccccc1N1CCCN(C)C(=O)C1. The Morgan fingerprint density at radius 2 is 2.00 bits per heavy atom. The van der Waals surface area contributed by atoms with Crippen LogP contribution in [0.25, 0.3) is 0 Å². The normalized spacial score (nSPS) is 16.5. The van der Waals surface area contributed by atoms with Gasteiger partial charge in [0.2, 0.25) is 5.91 Å². The monoisotopic (exact) mass is 289 g/mol. The molecule has 1 aliphatic rings. The predicted molar refractivity (Wildman–Crippen MR) is 87.5 cm³/mol. The second-order valence-corrected chi connectivity index (χ2v) is 6.24. The third-order valence-corrected chi connectivity index (χ3v) is 3.87. The van der Waals surface area contributed by atoms with E-state index in [0.717, 1.165) is 32.6 Å². The van der Waals surface area contributed by atoms with E-state index >= 15 is 0 Å². The molecule has 21 heavy (non-hydrogen) atoms. The number of carbonyl (C=O) groups is 1. The topological polar surface area (TPSA) is 35.6 Å². The van der Waals surface area contributed by atoms with Gasteiger partial charge in [-0.1, -0.05) is 32.0 Å². The van der Waals surface area contributed by atoms with Crippen LogP contribution in [0, 0.1) is 5.92 Å². The molecule has 1 amide bonds. The Hall–Kier alpha value is -1.55. The second kappa shape index (κ2) is 7.46. The molecule has 0 saturated carbocycles. The van der Waals surface area contributed by atoms with Crippen molar-refractivity contribution in [3.63, 3.8) is 0 Å². The molecule has 116 valence electrons. The molecule has 1 fully saturated rings. The van der Waals surface area contributed by atoms with Gasteiger partial charge in [0.25, 0.3) is 0 Å². The van der Waals surface area contributed by atoms with Gasteiger partial charge in [-0.3, -0.25) is 4.79 Å². The minimum absolute atomic E-state index is 0.206. The largest absolute Gasteiger partial charge is 0.362 e. The summed E-state index contributed by atoms with van der Waals surface area (Å²) in [7, 11) is 1.89. The predicted octanol–water partition coefficient (Wildman–Crippen LogP) is 2.10. The Morgan fingerprint density at radius 1 is 1.24 bits per heavy atom. The lowest BCUT2D eigenvalue weighted by molar-refractivity contribution is -0.127. The van der Waals surface area contributed by atoms with Gasteiger partial charge < -0.3 is 15.1 Å². The summed E-state index contributed by atoms with van der Waals surface area (Å²) < 4.78 is 0. The van der Waals surface area contributed by atoms with E-state index in [4.69, 9.17) is 0 Å². The lowest BCUT2D eigenvalue weighted by atomic mass is 10.1. The van der Waals surface area contributed by atoms with Gasteiger partial charge in [0.15, 0.2) is 0 Å². The average Bonchev–Trinajstić information content (AvgIpc) is 2.61. The number of likely N-dealkylation sites (N-methyl/N-ethyl adjacent to an activating group) is 1. The number of anilines is 1. The van der Waals surface area contributed by atoms with Gasteiger partial charge in [-0.2, -0.15) is 0 Å². The molecule has 1 N–H and O–H groups in total. The van der Waals surface area contributed by atoms with Crippen LogP contribution in [0.15, 0.2) is 24.3 Å². The number of carbonyl (C=O) groups excluding carboxylic acids is 1. The summed E-state index contributed by atoms with van der Waals surface area (Å²) in [6.07, 6.45) is 1.02. The van der Waals surface area contributed by atoms with E-state index in [1.807, 2.05) is 11.9 Å². The van der Waals surface area contributed by atoms with Crippen molar-refractivity contribution < 1.29 is 4.79 Å². The summed E-state index contributed by atoms with van der Waals surface area (Å²) in [5.41, 5.74) is 2.47. The molecule has 0 atom stereocenters. The summed E-state index contributed by atoms with van der Waals surface area (Å²) in [6, 6.07) is 8.41. The highest BCUT2D eigenvalue weighted by Crippen LogP contribution is 2.22. The van der Waals surface area contributed by atoms with E-state index in [1.54, 1.807) is 0 Å². The molecule has 4 nitrogen and oxygen atoms in total. The Morgan fingerprint density at radius 3 is 2.76 bits per heavy atom. The first-order valence-corrected chi connectivity index (χ1v) is 7.85. The maximum atomic E-state index is 12.1. The summed E-state index contributed by atoms with van der Waals surface area (Å²) in [5.74, 6) is 0.850. The number of nitrogens with zero attached hydrogens (tertiary/aromatic N) is 2. The van der Waals surface area contributed by atoms with E-state index in [9.17, 15) is 4.79 Å². The van der Waals surface area contributed by atoms with Crippen molar-refractivity contribution in [1.82, 2.24) is 10.2 Å². The zero-order chi connectivity index (χ0) is 15.2. The highest BCUT2D eigenvalue weighted by atomic mass is 16.2. The molecule has 0 unspecified atom stereocenters. The highest BCUT2D eigenvalue weighted by Gasteiger charge is 2.20. The number of benzene rings is 1. The summed E-state index contributed by atoms with van der Waals surface area (Å²) in [5, 5.41) is 3.49. The molecule has 0 spiro atoms. The van der Waals surface area contributed by atoms with Crippen LogP contribution in [-0.2, 0) is 11.3 Å². The molecule has 0 radical (unpaired) electrons. The zero-order valence-electron chi connectivity index (χ0n) is 13.4. The maximum Gasteiger partial charge on any atom is 0.241 e. The zero-order valence-corrected chi connectivity index (χ0v) is 13.4. The van der Waals surface area contributed by atoms with Gasteiger partial charge in [0, 0.05) is 32.4 Å². The molecule has 0 bridgehead atoms. The summed E-state index contributed by atoms with van der Waals surface area (Å²) >= 11 is 0. The van der Waals surface area contributed by atoms with Crippen LogP contribution in [-0.4, -0.2) is 44.0 Å². The Bertz CT molecular complexity index is 473. The molecule has 1 aromatic rings. The van der Waals surface area contributed by atoms with Gasteiger partial charge in [0.1, 0.15) is 0 Å². The van der Waals surface area contributed by atoms with Crippen molar-refractivity contribution >= 4 is 11.6 Å². The number of hydrogen-bond acceptors (Lipinski definition) is 3. The average molecular weight is 289 g/mol. The van der Waals surface area contributed by atoms with E-state index < -0.39 is 0 Å². The lowest BCUT2D eigenvalue weighted by Crippen LogP contribution is -2.35. The fraction of sp³-hybridized carbons (Fsp3) is 0.588. The molecule has 4 heteroatoms. The number of nitrogens with one attached hydrogen (secondary N) is 1. The fourth-order valence-electron chi connectivity index (χ4n) is 2.66. The number of hydrogen-bond donors (Lipinski definition) is 1. The van der Waals surface area contributed by atoms with E-state index in [1.165, 1.54) is 11.3 Å². The van der Waals surface area contributed by atoms with Gasteiger partial charge in [-0.15, -0.1) is 0 Å². The number of para-hydroxylation sites is 1. The molecule has 2 rings (SSSR count). The first-order valence-electron chi connectivity index (χ1n) is 7.85. The molecule has 0 aliphatic carbocycles. The van der Waals surface area contributed by atoms with Crippen molar-refractivity contribution in [3.05, 3.63) is 29.8 Å². The van der Waals surface area contributed by atoms with Crippen molar-refractivity contribution in [1.29, 1.82) is 0 Å². The Kier molecular flexibility index (Phi) is 5.62. The molecular formula is C17H27N3O. The molecule has 1 saturated heterocycles. The quantitative estimate of drug-likeness (QED) is 0.901. The van der Waals surface area contributed by atoms with Crippen molar-refractivity contribution in [3.8, 4) is 0 Å². The van der Waals surface area contributed by atoms with Crippen molar-refractivity contribution in [2.24, 2.45) is 5.92 Å². The standard InChI is InChI=1S/C17H27N3O/c1-14(2)11-18-12-15-7-4-5-8-16(15)20-10-6-9-19(3)17(21)13-20/h4-5,7-8,14,18H,6,9-13H2,1-3H3. The smallest absolute Gasteiger partial charge is 0.241 e.